The molecular formula is C13H14ClFN2O4. The van der Waals surface area contributed by atoms with Crippen molar-refractivity contribution in [3.63, 3.8) is 0 Å². The Balaban J connectivity index is 2.05. The van der Waals surface area contributed by atoms with E-state index in [0.717, 1.165) is 4.57 Å². The molecule has 1 fully saturated rings. The Morgan fingerprint density at radius 3 is 2.90 bits per heavy atom. The molecule has 6 nitrogen and oxygen atoms in total. The molecular weight excluding hydrogens is 303 g/mol. The molecule has 1 aromatic rings. The van der Waals surface area contributed by atoms with Crippen LogP contribution in [-0.2, 0) is 9.47 Å². The van der Waals surface area contributed by atoms with E-state index in [1.54, 1.807) is 19.9 Å². The minimum Gasteiger partial charge on any atom is -0.392 e. The van der Waals surface area contributed by atoms with Gasteiger partial charge in [0.2, 0.25) is 5.82 Å². The quantitative estimate of drug-likeness (QED) is 0.651. The predicted octanol–water partition coefficient (Wildman–Crippen LogP) is 1.03. The van der Waals surface area contributed by atoms with Crippen LogP contribution in [0.25, 0.3) is 0 Å². The number of hydrogen-bond donors (Lipinski definition) is 1. The highest BCUT2D eigenvalue weighted by atomic mass is 35.5. The van der Waals surface area contributed by atoms with Gasteiger partial charge in [-0.15, -0.1) is 0 Å². The third-order valence-electron chi connectivity index (χ3n) is 3.62. The van der Waals surface area contributed by atoms with Crippen molar-refractivity contribution in [1.29, 1.82) is 0 Å². The van der Waals surface area contributed by atoms with Gasteiger partial charge in [0.05, 0.1) is 12.6 Å². The molecule has 1 aromatic heterocycles. The van der Waals surface area contributed by atoms with E-state index < -0.39 is 40.6 Å². The van der Waals surface area contributed by atoms with E-state index in [2.05, 4.69) is 4.98 Å². The minimum atomic E-state index is -1.11. The average molecular weight is 317 g/mol. The summed E-state index contributed by atoms with van der Waals surface area (Å²) < 4.78 is 26.2. The van der Waals surface area contributed by atoms with Crippen molar-refractivity contribution < 1.29 is 19.0 Å². The summed E-state index contributed by atoms with van der Waals surface area (Å²) in [7, 11) is 0. The Hall–Kier alpha value is -1.28. The van der Waals surface area contributed by atoms with Crippen LogP contribution in [0.3, 0.4) is 0 Å². The van der Waals surface area contributed by atoms with Gasteiger partial charge in [-0.3, -0.25) is 9.36 Å². The number of rotatable bonds is 2. The molecule has 8 heteroatoms. The zero-order valence-electron chi connectivity index (χ0n) is 11.4. The summed E-state index contributed by atoms with van der Waals surface area (Å²) in [6.45, 7) is 3.25. The van der Waals surface area contributed by atoms with Crippen LogP contribution >= 0.6 is 11.6 Å². The van der Waals surface area contributed by atoms with Gasteiger partial charge in [0.1, 0.15) is 18.5 Å². The highest BCUT2D eigenvalue weighted by Crippen LogP contribution is 2.42. The molecule has 114 valence electrons. The second kappa shape index (κ2) is 4.88. The number of hydrogen-bond acceptors (Lipinski definition) is 5. The van der Waals surface area contributed by atoms with E-state index in [4.69, 9.17) is 21.1 Å². The summed E-state index contributed by atoms with van der Waals surface area (Å²) >= 11 is 5.49. The maximum Gasteiger partial charge on any atom is 0.291 e. The summed E-state index contributed by atoms with van der Waals surface area (Å²) in [6, 6.07) is -0.606. The fraction of sp³-hybridized carbons (Fsp3) is 0.538. The molecule has 2 aliphatic rings. The third-order valence-corrected chi connectivity index (χ3v) is 3.88. The number of halogens is 2. The lowest BCUT2D eigenvalue weighted by atomic mass is 10.1. The van der Waals surface area contributed by atoms with E-state index in [1.807, 2.05) is 0 Å². The normalized spacial score (nSPS) is 30.3. The van der Waals surface area contributed by atoms with Crippen LogP contribution in [0.15, 0.2) is 22.8 Å². The van der Waals surface area contributed by atoms with Crippen LogP contribution in [-0.4, -0.2) is 39.3 Å². The molecule has 0 aromatic carbocycles. The third kappa shape index (κ3) is 2.30. The molecule has 3 atom stereocenters. The maximum atomic E-state index is 13.6. The Morgan fingerprint density at radius 2 is 2.24 bits per heavy atom. The van der Waals surface area contributed by atoms with Gasteiger partial charge in [0.25, 0.3) is 5.56 Å². The Morgan fingerprint density at radius 1 is 1.52 bits per heavy atom. The van der Waals surface area contributed by atoms with Gasteiger partial charge in [-0.2, -0.15) is 4.39 Å². The van der Waals surface area contributed by atoms with Gasteiger partial charge in [-0.25, -0.2) is 4.98 Å². The lowest BCUT2D eigenvalue weighted by molar-refractivity contribution is -0.148. The fourth-order valence-corrected chi connectivity index (χ4v) is 2.88. The van der Waals surface area contributed by atoms with Crippen LogP contribution in [0.4, 0.5) is 4.39 Å². The maximum absolute atomic E-state index is 13.6. The van der Waals surface area contributed by atoms with Crippen LogP contribution in [0.5, 0.6) is 0 Å². The van der Waals surface area contributed by atoms with Gasteiger partial charge in [0.15, 0.2) is 10.9 Å². The highest BCUT2D eigenvalue weighted by Gasteiger charge is 2.50. The standard InChI is InChI=1S/C13H14ClFN2O4/c1-13(2)20-9-6(4-18)3-7(10(9)21-13)17-5-16-11(14)8(15)12(17)19/h3,5,7,9-10,18H,4H2,1-2H3/t7-,9-,10+/m1/s1. The second-order valence-electron chi connectivity index (χ2n) is 5.47. The number of nitrogens with zero attached hydrogens (tertiary/aromatic N) is 2. The van der Waals surface area contributed by atoms with Crippen molar-refractivity contribution in [2.45, 2.75) is 37.9 Å². The first-order valence-electron chi connectivity index (χ1n) is 6.43. The van der Waals surface area contributed by atoms with Crippen LogP contribution < -0.4 is 5.56 Å². The number of fused-ring (bicyclic) bond motifs is 1. The average Bonchev–Trinajstić information content (AvgIpc) is 2.90. The van der Waals surface area contributed by atoms with Crippen molar-refractivity contribution in [2.24, 2.45) is 0 Å². The topological polar surface area (TPSA) is 73.6 Å². The van der Waals surface area contributed by atoms with Crippen molar-refractivity contribution in [1.82, 2.24) is 9.55 Å². The van der Waals surface area contributed by atoms with Crippen molar-refractivity contribution in [3.05, 3.63) is 39.3 Å². The summed E-state index contributed by atoms with van der Waals surface area (Å²) in [6.07, 6.45) is 1.81. The predicted molar refractivity (Wildman–Crippen MR) is 71.5 cm³/mol. The Labute approximate surface area is 124 Å². The van der Waals surface area contributed by atoms with Gasteiger partial charge in [-0.1, -0.05) is 17.7 Å². The smallest absolute Gasteiger partial charge is 0.291 e. The molecule has 0 unspecified atom stereocenters. The molecule has 0 radical (unpaired) electrons. The molecule has 21 heavy (non-hydrogen) atoms. The molecule has 1 aliphatic heterocycles. The van der Waals surface area contributed by atoms with E-state index in [9.17, 15) is 14.3 Å². The first-order valence-corrected chi connectivity index (χ1v) is 6.81. The van der Waals surface area contributed by atoms with E-state index >= 15 is 0 Å². The van der Waals surface area contributed by atoms with E-state index in [0.29, 0.717) is 5.57 Å². The monoisotopic (exact) mass is 316 g/mol. The number of aliphatic hydroxyl groups excluding tert-OH is 1. The second-order valence-corrected chi connectivity index (χ2v) is 5.83. The van der Waals surface area contributed by atoms with E-state index in [1.165, 1.54) is 6.33 Å². The zero-order chi connectivity index (χ0) is 15.4. The lowest BCUT2D eigenvalue weighted by Crippen LogP contribution is -2.35. The Kier molecular flexibility index (Phi) is 3.40. The lowest BCUT2D eigenvalue weighted by Gasteiger charge is -2.22. The van der Waals surface area contributed by atoms with Gasteiger partial charge >= 0.3 is 0 Å². The van der Waals surface area contributed by atoms with Gasteiger partial charge in [-0.05, 0) is 19.4 Å². The summed E-state index contributed by atoms with van der Waals surface area (Å²) in [5, 5.41) is 8.94. The number of ether oxygens (including phenoxy) is 2. The summed E-state index contributed by atoms with van der Waals surface area (Å²) in [4.78, 5) is 15.6. The van der Waals surface area contributed by atoms with Crippen molar-refractivity contribution in [3.8, 4) is 0 Å². The molecule has 1 N–H and O–H groups in total. The highest BCUT2D eigenvalue weighted by molar-refractivity contribution is 6.29. The molecule has 3 rings (SSSR count). The van der Waals surface area contributed by atoms with Gasteiger partial charge < -0.3 is 14.6 Å². The number of aliphatic hydroxyl groups is 1. The van der Waals surface area contributed by atoms with Crippen LogP contribution in [0.1, 0.15) is 19.9 Å². The minimum absolute atomic E-state index is 0.227. The molecule has 0 saturated carbocycles. The molecule has 0 spiro atoms. The van der Waals surface area contributed by atoms with Crippen LogP contribution in [0.2, 0.25) is 5.15 Å². The van der Waals surface area contributed by atoms with Crippen molar-refractivity contribution in [2.75, 3.05) is 6.61 Å². The SMILES string of the molecule is CC1(C)O[C@@H]2[C@H](O1)C(CO)=C[C@H]2n1cnc(Cl)c(F)c1=O. The molecule has 1 saturated heterocycles. The first kappa shape index (κ1) is 14.6. The van der Waals surface area contributed by atoms with Crippen molar-refractivity contribution >= 4 is 11.6 Å². The largest absolute Gasteiger partial charge is 0.392 e. The number of aromatic nitrogens is 2. The van der Waals surface area contributed by atoms with Gasteiger partial charge in [0, 0.05) is 0 Å². The zero-order valence-corrected chi connectivity index (χ0v) is 12.2. The fourth-order valence-electron chi connectivity index (χ4n) is 2.75. The summed E-state index contributed by atoms with van der Waals surface area (Å²) in [5.74, 6) is -1.95. The molecule has 0 amide bonds. The molecule has 0 bridgehead atoms. The van der Waals surface area contributed by atoms with Crippen LogP contribution in [0, 0.1) is 5.82 Å². The first-order chi connectivity index (χ1) is 9.84. The summed E-state index contributed by atoms with van der Waals surface area (Å²) in [5.41, 5.74) is -0.291. The molecule has 2 heterocycles. The van der Waals surface area contributed by atoms with E-state index in [-0.39, 0.29) is 6.61 Å². The molecule has 1 aliphatic carbocycles. The Bertz CT molecular complexity index is 673.